The van der Waals surface area contributed by atoms with Crippen molar-refractivity contribution in [1.29, 1.82) is 0 Å². The molecule has 8 aliphatic rings. The number of rotatable bonds is 2. The minimum Gasteiger partial charge on any atom is -0.0630 e. The molecule has 8 atom stereocenters. The molecule has 0 aromatic rings. The predicted molar refractivity (Wildman–Crippen MR) is 155 cm³/mol. The Morgan fingerprint density at radius 3 is 1.16 bits per heavy atom. The van der Waals surface area contributed by atoms with Crippen molar-refractivity contribution in [2.75, 3.05) is 0 Å². The fourth-order valence-electron chi connectivity index (χ4n) is 12.2. The highest BCUT2D eigenvalue weighted by Crippen LogP contribution is 2.64. The molecule has 8 unspecified atom stereocenters. The van der Waals surface area contributed by atoms with E-state index in [-0.39, 0.29) is 0 Å². The van der Waals surface area contributed by atoms with Crippen molar-refractivity contribution < 1.29 is 0 Å². The summed E-state index contributed by atoms with van der Waals surface area (Å²) in [6, 6.07) is 0. The van der Waals surface area contributed by atoms with Gasteiger partial charge in [-0.3, -0.25) is 0 Å². The van der Waals surface area contributed by atoms with E-state index in [0.29, 0.717) is 0 Å². The van der Waals surface area contributed by atoms with Crippen molar-refractivity contribution in [1.82, 2.24) is 0 Å². The van der Waals surface area contributed by atoms with Crippen LogP contribution in [-0.4, -0.2) is 0 Å². The number of allylic oxidation sites excluding steroid dienone is 8. The van der Waals surface area contributed by atoms with Crippen molar-refractivity contribution in [3.05, 3.63) is 44.6 Å². The van der Waals surface area contributed by atoms with Gasteiger partial charge < -0.3 is 0 Å². The lowest BCUT2D eigenvalue weighted by Gasteiger charge is -2.44. The Kier molecular flexibility index (Phi) is 5.96. The Hall–Kier alpha value is -1.04. The summed E-state index contributed by atoms with van der Waals surface area (Å²) < 4.78 is 0. The van der Waals surface area contributed by atoms with Crippen LogP contribution in [-0.2, 0) is 0 Å². The van der Waals surface area contributed by atoms with Crippen LogP contribution in [0.1, 0.15) is 136 Å². The molecule has 0 heterocycles. The van der Waals surface area contributed by atoms with Crippen LogP contribution in [0.2, 0.25) is 0 Å². The fourth-order valence-corrected chi connectivity index (χ4v) is 12.2. The molecule has 0 aromatic heterocycles. The van der Waals surface area contributed by atoms with Gasteiger partial charge in [-0.05, 0) is 192 Å². The molecule has 0 amide bonds. The lowest BCUT2D eigenvalue weighted by molar-refractivity contribution is 0.203. The number of hydrogen-bond acceptors (Lipinski definition) is 0. The maximum Gasteiger partial charge on any atom is -0.0100 e. The first-order valence-electron chi connectivity index (χ1n) is 17.1. The van der Waals surface area contributed by atoms with Crippen LogP contribution in [0.5, 0.6) is 0 Å². The third-order valence-electron chi connectivity index (χ3n) is 13.5. The van der Waals surface area contributed by atoms with Crippen molar-refractivity contribution >= 4 is 0 Å². The number of hydrogen-bond donors (Lipinski definition) is 0. The van der Waals surface area contributed by atoms with Crippen molar-refractivity contribution in [2.24, 2.45) is 47.3 Å². The van der Waals surface area contributed by atoms with Gasteiger partial charge in [0.1, 0.15) is 0 Å². The van der Waals surface area contributed by atoms with Crippen molar-refractivity contribution in [2.45, 2.75) is 136 Å². The summed E-state index contributed by atoms with van der Waals surface area (Å²) in [7, 11) is 0. The van der Waals surface area contributed by atoms with Gasteiger partial charge in [-0.2, -0.15) is 0 Å². The first-order chi connectivity index (χ1) is 18.2. The van der Waals surface area contributed by atoms with Gasteiger partial charge in [-0.1, -0.05) is 36.1 Å². The monoisotopic (exact) mass is 496 g/mol. The van der Waals surface area contributed by atoms with Crippen LogP contribution in [0.25, 0.3) is 0 Å². The van der Waals surface area contributed by atoms with E-state index in [1.54, 1.807) is 6.42 Å². The SMILES string of the molecule is CC1CC2C3=C(CCCC3)C3=C(CCCC3)C2C1CC1C(C)CC2C3=C(CCCC3)C3=C(CCCC3)C21. The molecule has 0 aromatic carbocycles. The second-order valence-corrected chi connectivity index (χ2v) is 15.1. The van der Waals surface area contributed by atoms with Gasteiger partial charge in [0, 0.05) is 0 Å². The Balaban J connectivity index is 1.15. The first kappa shape index (κ1) is 23.8. The second kappa shape index (κ2) is 9.27. The Morgan fingerprint density at radius 2 is 0.757 bits per heavy atom. The van der Waals surface area contributed by atoms with Gasteiger partial charge >= 0.3 is 0 Å². The topological polar surface area (TPSA) is 0 Å². The first-order valence-corrected chi connectivity index (χ1v) is 17.1. The van der Waals surface area contributed by atoms with Gasteiger partial charge in [-0.25, -0.2) is 0 Å². The quantitative estimate of drug-likeness (QED) is 0.356. The van der Waals surface area contributed by atoms with Crippen LogP contribution in [0, 0.1) is 47.3 Å². The number of fused-ring (bicyclic) bond motifs is 8. The molecule has 0 nitrogen and oxygen atoms in total. The van der Waals surface area contributed by atoms with Gasteiger partial charge in [0.15, 0.2) is 0 Å². The van der Waals surface area contributed by atoms with Crippen molar-refractivity contribution in [3.63, 3.8) is 0 Å². The summed E-state index contributed by atoms with van der Waals surface area (Å²) in [4.78, 5) is 0. The van der Waals surface area contributed by atoms with Gasteiger partial charge in [0.05, 0.1) is 0 Å². The van der Waals surface area contributed by atoms with Gasteiger partial charge in [0.2, 0.25) is 0 Å². The molecule has 0 heteroatoms. The van der Waals surface area contributed by atoms with Gasteiger partial charge in [-0.15, -0.1) is 0 Å². The van der Waals surface area contributed by atoms with Crippen LogP contribution < -0.4 is 0 Å². The Bertz CT molecular complexity index is 1000. The zero-order chi connectivity index (χ0) is 24.7. The summed E-state index contributed by atoms with van der Waals surface area (Å²) in [6.45, 7) is 5.39. The van der Waals surface area contributed by atoms with Crippen molar-refractivity contribution in [3.8, 4) is 0 Å². The highest BCUT2D eigenvalue weighted by atomic mass is 14.6. The summed E-state index contributed by atoms with van der Waals surface area (Å²) in [5.41, 5.74) is 15.7. The molecule has 0 spiro atoms. The molecule has 0 saturated heterocycles. The van der Waals surface area contributed by atoms with Crippen LogP contribution in [0.3, 0.4) is 0 Å². The van der Waals surface area contributed by atoms with E-state index in [1.807, 2.05) is 44.6 Å². The zero-order valence-electron chi connectivity index (χ0n) is 24.1. The van der Waals surface area contributed by atoms with E-state index in [4.69, 9.17) is 0 Å². The molecule has 200 valence electrons. The summed E-state index contributed by atoms with van der Waals surface area (Å²) in [5.74, 6) is 7.51. The minimum absolute atomic E-state index is 0.929. The van der Waals surface area contributed by atoms with E-state index in [1.165, 1.54) is 116 Å². The Labute approximate surface area is 227 Å². The van der Waals surface area contributed by atoms with E-state index in [9.17, 15) is 0 Å². The largest absolute Gasteiger partial charge is 0.0630 e. The summed E-state index contributed by atoms with van der Waals surface area (Å²) >= 11 is 0. The molecule has 0 aliphatic heterocycles. The maximum atomic E-state index is 2.69. The molecule has 0 N–H and O–H groups in total. The van der Waals surface area contributed by atoms with E-state index in [0.717, 1.165) is 47.3 Å². The highest BCUT2D eigenvalue weighted by molar-refractivity contribution is 5.50. The second-order valence-electron chi connectivity index (χ2n) is 15.1. The molecular formula is C37H52. The fraction of sp³-hybridized carbons (Fsp3) is 0.784. The minimum atomic E-state index is 0.929. The van der Waals surface area contributed by atoms with Crippen LogP contribution in [0.4, 0.5) is 0 Å². The standard InChI is InChI=1S/C37H52/c1-22-19-34-28-15-5-3-11-24(28)26-13-7-9-17-30(26)36(34)32(22)21-33-23(2)20-35-29-16-6-4-12-25(29)27-14-8-10-18-31(27)37(33)35/h22-23,32-37H,3-21H2,1-2H3. The van der Waals surface area contributed by atoms with Gasteiger partial charge in [0.25, 0.3) is 0 Å². The molecule has 0 radical (unpaired) electrons. The molecule has 2 fully saturated rings. The predicted octanol–water partition coefficient (Wildman–Crippen LogP) is 10.7. The average molecular weight is 497 g/mol. The lowest BCUT2D eigenvalue weighted by atomic mass is 9.60. The third-order valence-corrected chi connectivity index (χ3v) is 13.5. The van der Waals surface area contributed by atoms with Crippen LogP contribution in [0.15, 0.2) is 44.6 Å². The van der Waals surface area contributed by atoms with E-state index < -0.39 is 0 Å². The third kappa shape index (κ3) is 3.58. The molecule has 2 saturated carbocycles. The summed E-state index contributed by atoms with van der Waals surface area (Å²) in [6.07, 6.45) is 27.8. The molecule has 37 heavy (non-hydrogen) atoms. The molecule has 8 aliphatic carbocycles. The Morgan fingerprint density at radius 1 is 0.432 bits per heavy atom. The molecule has 8 rings (SSSR count). The molecular weight excluding hydrogens is 444 g/mol. The maximum absolute atomic E-state index is 2.69. The smallest absolute Gasteiger partial charge is 0.0100 e. The highest BCUT2D eigenvalue weighted by Gasteiger charge is 2.53. The zero-order valence-corrected chi connectivity index (χ0v) is 24.1. The van der Waals surface area contributed by atoms with E-state index >= 15 is 0 Å². The average Bonchev–Trinajstić information content (AvgIpc) is 3.46. The van der Waals surface area contributed by atoms with E-state index in [2.05, 4.69) is 13.8 Å². The summed E-state index contributed by atoms with van der Waals surface area (Å²) in [5, 5.41) is 0. The lowest BCUT2D eigenvalue weighted by Crippen LogP contribution is -2.33. The molecule has 0 bridgehead atoms. The van der Waals surface area contributed by atoms with Crippen LogP contribution >= 0.6 is 0 Å². The normalized spacial score (nSPS) is 43.3.